The normalized spacial score (nSPS) is 22.8. The molecule has 0 aliphatic carbocycles. The zero-order valence-corrected chi connectivity index (χ0v) is 12.5. The highest BCUT2D eigenvalue weighted by Crippen LogP contribution is 2.33. The summed E-state index contributed by atoms with van der Waals surface area (Å²) >= 11 is 0. The smallest absolute Gasteiger partial charge is 0.138 e. The number of aromatic nitrogens is 2. The predicted molar refractivity (Wildman–Crippen MR) is 78.8 cm³/mol. The van der Waals surface area contributed by atoms with Crippen LogP contribution in [0.3, 0.4) is 0 Å². The molecule has 1 fully saturated rings. The second-order valence-corrected chi connectivity index (χ2v) is 5.83. The zero-order chi connectivity index (χ0) is 14.8. The Bertz CT molecular complexity index is 577. The molecular formula is C16H21N3O2. The van der Waals surface area contributed by atoms with E-state index in [2.05, 4.69) is 15.0 Å². The summed E-state index contributed by atoms with van der Waals surface area (Å²) in [4.78, 5) is 6.45. The Kier molecular flexibility index (Phi) is 4.03. The molecule has 5 nitrogen and oxygen atoms in total. The maximum atomic E-state index is 9.68. The number of likely N-dealkylation sites (tertiary alicyclic amines) is 1. The Hall–Kier alpha value is -1.72. The van der Waals surface area contributed by atoms with E-state index < -0.39 is 0 Å². The van der Waals surface area contributed by atoms with Crippen molar-refractivity contribution in [2.24, 2.45) is 5.92 Å². The Morgan fingerprint density at radius 2 is 2.05 bits per heavy atom. The lowest BCUT2D eigenvalue weighted by Crippen LogP contribution is -2.21. The van der Waals surface area contributed by atoms with Gasteiger partial charge in [-0.15, -0.1) is 0 Å². The molecule has 2 aromatic rings. The summed E-state index contributed by atoms with van der Waals surface area (Å²) in [7, 11) is 0. The van der Waals surface area contributed by atoms with E-state index in [1.165, 1.54) is 11.1 Å². The van der Waals surface area contributed by atoms with Crippen molar-refractivity contribution in [1.82, 2.24) is 15.0 Å². The lowest BCUT2D eigenvalue weighted by atomic mass is 9.90. The molecular weight excluding hydrogens is 266 g/mol. The van der Waals surface area contributed by atoms with E-state index in [4.69, 9.17) is 4.52 Å². The summed E-state index contributed by atoms with van der Waals surface area (Å²) in [6, 6.07) is 4.10. The lowest BCUT2D eigenvalue weighted by molar-refractivity contribution is 0.213. The highest BCUT2D eigenvalue weighted by Gasteiger charge is 2.33. The zero-order valence-electron chi connectivity index (χ0n) is 12.5. The first-order valence-corrected chi connectivity index (χ1v) is 7.34. The third-order valence-electron chi connectivity index (χ3n) is 4.45. The average Bonchev–Trinajstić information content (AvgIpc) is 3.06. The molecule has 3 heterocycles. The Labute approximate surface area is 124 Å². The van der Waals surface area contributed by atoms with Gasteiger partial charge in [0.05, 0.1) is 5.69 Å². The maximum Gasteiger partial charge on any atom is 0.138 e. The van der Waals surface area contributed by atoms with E-state index in [0.29, 0.717) is 5.92 Å². The number of hydrogen-bond donors (Lipinski definition) is 1. The summed E-state index contributed by atoms with van der Waals surface area (Å²) in [5.41, 5.74) is 3.38. The first-order chi connectivity index (χ1) is 10.2. The number of aliphatic hydroxyl groups is 1. The third-order valence-corrected chi connectivity index (χ3v) is 4.45. The van der Waals surface area contributed by atoms with E-state index in [-0.39, 0.29) is 12.5 Å². The van der Waals surface area contributed by atoms with Crippen LogP contribution in [0.5, 0.6) is 0 Å². The van der Waals surface area contributed by atoms with Gasteiger partial charge < -0.3 is 9.63 Å². The van der Waals surface area contributed by atoms with Gasteiger partial charge in [-0.3, -0.25) is 9.88 Å². The van der Waals surface area contributed by atoms with Crippen molar-refractivity contribution in [3.8, 4) is 0 Å². The second kappa shape index (κ2) is 5.95. The largest absolute Gasteiger partial charge is 0.396 e. The molecule has 21 heavy (non-hydrogen) atoms. The average molecular weight is 287 g/mol. The summed E-state index contributed by atoms with van der Waals surface area (Å²) in [5.74, 6) is 1.52. The standard InChI is InChI=1S/C16H21N3O2/c1-11-15(12(2)21-18-11)8-19-7-14(10-20)16(9-19)13-3-5-17-6-4-13/h3-6,14,16,20H,7-10H2,1-2H3/t14-,16-/m0/s1. The van der Waals surface area contributed by atoms with Crippen LogP contribution in [0.4, 0.5) is 0 Å². The number of aryl methyl sites for hydroxylation is 2. The Morgan fingerprint density at radius 1 is 1.29 bits per heavy atom. The molecule has 0 amide bonds. The van der Waals surface area contributed by atoms with E-state index in [0.717, 1.165) is 31.1 Å². The summed E-state index contributed by atoms with van der Waals surface area (Å²) in [6.07, 6.45) is 3.64. The molecule has 1 aliphatic heterocycles. The Morgan fingerprint density at radius 3 is 2.67 bits per heavy atom. The van der Waals surface area contributed by atoms with Gasteiger partial charge in [-0.25, -0.2) is 0 Å². The van der Waals surface area contributed by atoms with Crippen molar-refractivity contribution < 1.29 is 9.63 Å². The molecule has 1 aliphatic rings. The van der Waals surface area contributed by atoms with Crippen LogP contribution in [0, 0.1) is 19.8 Å². The molecule has 0 aromatic carbocycles. The maximum absolute atomic E-state index is 9.68. The minimum Gasteiger partial charge on any atom is -0.396 e. The summed E-state index contributed by atoms with van der Waals surface area (Å²) < 4.78 is 5.24. The van der Waals surface area contributed by atoms with Crippen molar-refractivity contribution in [3.63, 3.8) is 0 Å². The van der Waals surface area contributed by atoms with Crippen LogP contribution in [-0.2, 0) is 6.54 Å². The van der Waals surface area contributed by atoms with Gasteiger partial charge in [-0.05, 0) is 31.5 Å². The first kappa shape index (κ1) is 14.2. The topological polar surface area (TPSA) is 62.4 Å². The molecule has 0 radical (unpaired) electrons. The van der Waals surface area contributed by atoms with Gasteiger partial charge in [0.1, 0.15) is 5.76 Å². The van der Waals surface area contributed by atoms with E-state index in [1.54, 1.807) is 0 Å². The van der Waals surface area contributed by atoms with Gasteiger partial charge in [-0.1, -0.05) is 5.16 Å². The fourth-order valence-electron chi connectivity index (χ4n) is 3.21. The number of nitrogens with zero attached hydrogens (tertiary/aromatic N) is 3. The fourth-order valence-corrected chi connectivity index (χ4v) is 3.21. The molecule has 5 heteroatoms. The number of hydrogen-bond acceptors (Lipinski definition) is 5. The van der Waals surface area contributed by atoms with Crippen molar-refractivity contribution in [3.05, 3.63) is 47.1 Å². The van der Waals surface area contributed by atoms with Gasteiger partial charge in [0.15, 0.2) is 0 Å². The monoisotopic (exact) mass is 287 g/mol. The minimum atomic E-state index is 0.213. The van der Waals surface area contributed by atoms with Crippen LogP contribution < -0.4 is 0 Å². The third kappa shape index (κ3) is 2.84. The molecule has 1 saturated heterocycles. The number of pyridine rings is 1. The molecule has 3 rings (SSSR count). The van der Waals surface area contributed by atoms with Gasteiger partial charge in [0, 0.05) is 56.0 Å². The van der Waals surface area contributed by atoms with Gasteiger partial charge >= 0.3 is 0 Å². The van der Waals surface area contributed by atoms with Crippen LogP contribution in [0.15, 0.2) is 29.0 Å². The number of rotatable bonds is 4. The van der Waals surface area contributed by atoms with Gasteiger partial charge in [-0.2, -0.15) is 0 Å². The quantitative estimate of drug-likeness (QED) is 0.930. The van der Waals surface area contributed by atoms with Gasteiger partial charge in [0.2, 0.25) is 0 Å². The van der Waals surface area contributed by atoms with E-state index in [1.807, 2.05) is 38.4 Å². The molecule has 1 N–H and O–H groups in total. The minimum absolute atomic E-state index is 0.213. The van der Waals surface area contributed by atoms with Crippen LogP contribution in [0.1, 0.15) is 28.5 Å². The van der Waals surface area contributed by atoms with Crippen LogP contribution in [-0.4, -0.2) is 39.8 Å². The fraction of sp³-hybridized carbons (Fsp3) is 0.500. The summed E-state index contributed by atoms with van der Waals surface area (Å²) in [5, 5.41) is 13.7. The van der Waals surface area contributed by atoms with Crippen LogP contribution in [0.2, 0.25) is 0 Å². The van der Waals surface area contributed by atoms with Crippen molar-refractivity contribution in [2.75, 3.05) is 19.7 Å². The molecule has 2 atom stereocenters. The van der Waals surface area contributed by atoms with Crippen molar-refractivity contribution in [1.29, 1.82) is 0 Å². The SMILES string of the molecule is Cc1noc(C)c1CN1C[C@@H](CO)[C@H](c2ccncc2)C1. The molecule has 0 bridgehead atoms. The predicted octanol–water partition coefficient (Wildman–Crippen LogP) is 1.89. The highest BCUT2D eigenvalue weighted by molar-refractivity contribution is 5.23. The number of aliphatic hydroxyl groups excluding tert-OH is 1. The Balaban J connectivity index is 1.75. The molecule has 112 valence electrons. The van der Waals surface area contributed by atoms with E-state index >= 15 is 0 Å². The second-order valence-electron chi connectivity index (χ2n) is 5.83. The first-order valence-electron chi connectivity index (χ1n) is 7.34. The highest BCUT2D eigenvalue weighted by atomic mass is 16.5. The van der Waals surface area contributed by atoms with Gasteiger partial charge in [0.25, 0.3) is 0 Å². The summed E-state index contributed by atoms with van der Waals surface area (Å²) in [6.45, 7) is 6.82. The molecule has 0 spiro atoms. The molecule has 0 saturated carbocycles. The van der Waals surface area contributed by atoms with Crippen molar-refractivity contribution in [2.45, 2.75) is 26.3 Å². The lowest BCUT2D eigenvalue weighted by Gasteiger charge is -2.16. The van der Waals surface area contributed by atoms with Crippen LogP contribution in [0.25, 0.3) is 0 Å². The van der Waals surface area contributed by atoms with E-state index in [9.17, 15) is 5.11 Å². The van der Waals surface area contributed by atoms with Crippen LogP contribution >= 0.6 is 0 Å². The van der Waals surface area contributed by atoms with Crippen molar-refractivity contribution >= 4 is 0 Å². The molecule has 0 unspecified atom stereocenters. The molecule has 2 aromatic heterocycles.